The number of nitrogens with one attached hydrogen (secondary N) is 2. The summed E-state index contributed by atoms with van der Waals surface area (Å²) >= 11 is 0. The summed E-state index contributed by atoms with van der Waals surface area (Å²) in [6, 6.07) is 15.5. The minimum absolute atomic E-state index is 0.0544. The van der Waals surface area contributed by atoms with Crippen molar-refractivity contribution in [1.82, 2.24) is 4.90 Å². The van der Waals surface area contributed by atoms with E-state index in [1.807, 2.05) is 6.07 Å². The molecule has 6 heteroatoms. The van der Waals surface area contributed by atoms with Crippen molar-refractivity contribution in [3.63, 3.8) is 0 Å². The number of carbonyl (C=O) groups is 3. The minimum Gasteiger partial charge on any atom is -0.332 e. The molecule has 124 valence electrons. The van der Waals surface area contributed by atoms with Crippen molar-refractivity contribution in [3.05, 3.63) is 60.2 Å². The van der Waals surface area contributed by atoms with Gasteiger partial charge in [-0.15, -0.1) is 0 Å². The van der Waals surface area contributed by atoms with Crippen molar-refractivity contribution >= 4 is 29.1 Å². The van der Waals surface area contributed by atoms with Gasteiger partial charge < -0.3 is 15.5 Å². The van der Waals surface area contributed by atoms with E-state index in [2.05, 4.69) is 10.6 Å². The number of amides is 3. The van der Waals surface area contributed by atoms with Crippen molar-refractivity contribution in [3.8, 4) is 0 Å². The summed E-state index contributed by atoms with van der Waals surface area (Å²) in [4.78, 5) is 36.5. The molecule has 0 atom stereocenters. The van der Waals surface area contributed by atoms with Gasteiger partial charge in [0, 0.05) is 30.9 Å². The van der Waals surface area contributed by atoms with Gasteiger partial charge in [-0.3, -0.25) is 14.4 Å². The van der Waals surface area contributed by atoms with Crippen LogP contribution in [0.5, 0.6) is 0 Å². The standard InChI is InChI=1S/C18H19N3O3/c1-13(22)19-15-8-10-16(11-9-15)20-17(23)12-21(2)18(24)14-6-4-3-5-7-14/h3-11H,12H2,1-2H3,(H,19,22)(H,20,23). The molecular weight excluding hydrogens is 306 g/mol. The fourth-order valence-electron chi connectivity index (χ4n) is 2.13. The van der Waals surface area contributed by atoms with Gasteiger partial charge >= 0.3 is 0 Å². The molecule has 0 fully saturated rings. The van der Waals surface area contributed by atoms with Gasteiger partial charge in [-0.05, 0) is 36.4 Å². The third-order valence-electron chi connectivity index (χ3n) is 3.24. The molecule has 0 heterocycles. The van der Waals surface area contributed by atoms with Crippen LogP contribution in [-0.4, -0.2) is 36.2 Å². The normalized spacial score (nSPS) is 9.92. The topological polar surface area (TPSA) is 78.5 Å². The van der Waals surface area contributed by atoms with Crippen molar-refractivity contribution in [1.29, 1.82) is 0 Å². The second-order valence-corrected chi connectivity index (χ2v) is 5.33. The predicted molar refractivity (Wildman–Crippen MR) is 92.8 cm³/mol. The van der Waals surface area contributed by atoms with E-state index < -0.39 is 0 Å². The number of likely N-dealkylation sites (N-methyl/N-ethyl adjacent to an activating group) is 1. The molecule has 3 amide bonds. The van der Waals surface area contributed by atoms with Crippen LogP contribution < -0.4 is 10.6 Å². The Bertz CT molecular complexity index is 727. The number of anilines is 2. The number of nitrogens with zero attached hydrogens (tertiary/aromatic N) is 1. The van der Waals surface area contributed by atoms with Crippen LogP contribution in [0.2, 0.25) is 0 Å². The first-order valence-electron chi connectivity index (χ1n) is 7.44. The van der Waals surface area contributed by atoms with Crippen LogP contribution in [0.25, 0.3) is 0 Å². The highest BCUT2D eigenvalue weighted by Crippen LogP contribution is 2.13. The van der Waals surface area contributed by atoms with Crippen LogP contribution >= 0.6 is 0 Å². The molecule has 6 nitrogen and oxygen atoms in total. The van der Waals surface area contributed by atoms with Crippen molar-refractivity contribution in [2.24, 2.45) is 0 Å². The van der Waals surface area contributed by atoms with Crippen LogP contribution in [0.4, 0.5) is 11.4 Å². The molecule has 2 aromatic carbocycles. The highest BCUT2D eigenvalue weighted by atomic mass is 16.2. The Kier molecular flexibility index (Phi) is 5.68. The average molecular weight is 325 g/mol. The van der Waals surface area contributed by atoms with Crippen LogP contribution in [0.3, 0.4) is 0 Å². The number of hydrogen-bond donors (Lipinski definition) is 2. The molecule has 0 aliphatic carbocycles. The summed E-state index contributed by atoms with van der Waals surface area (Å²) in [7, 11) is 1.58. The second kappa shape index (κ2) is 7.92. The fraction of sp³-hybridized carbons (Fsp3) is 0.167. The van der Waals surface area contributed by atoms with Gasteiger partial charge in [-0.2, -0.15) is 0 Å². The molecule has 2 N–H and O–H groups in total. The Labute approximate surface area is 140 Å². The number of hydrogen-bond acceptors (Lipinski definition) is 3. The highest BCUT2D eigenvalue weighted by molar-refractivity contribution is 5.99. The van der Waals surface area contributed by atoms with E-state index in [4.69, 9.17) is 0 Å². The molecule has 2 rings (SSSR count). The van der Waals surface area contributed by atoms with E-state index in [-0.39, 0.29) is 24.3 Å². The Hall–Kier alpha value is -3.15. The first-order valence-corrected chi connectivity index (χ1v) is 7.44. The number of rotatable bonds is 5. The zero-order valence-electron chi connectivity index (χ0n) is 13.6. The summed E-state index contributed by atoms with van der Waals surface area (Å²) in [5, 5.41) is 5.36. The molecular formula is C18H19N3O3. The molecule has 0 aliphatic rings. The summed E-state index contributed by atoms with van der Waals surface area (Å²) in [5.74, 6) is -0.673. The molecule has 0 aromatic heterocycles. The maximum atomic E-state index is 12.2. The zero-order chi connectivity index (χ0) is 17.5. The predicted octanol–water partition coefficient (Wildman–Crippen LogP) is 2.36. The third-order valence-corrected chi connectivity index (χ3v) is 3.24. The lowest BCUT2D eigenvalue weighted by atomic mass is 10.2. The van der Waals surface area contributed by atoms with E-state index in [1.165, 1.54) is 11.8 Å². The molecule has 0 radical (unpaired) electrons. The van der Waals surface area contributed by atoms with Gasteiger partial charge in [0.25, 0.3) is 5.91 Å². The van der Waals surface area contributed by atoms with Gasteiger partial charge in [-0.25, -0.2) is 0 Å². The smallest absolute Gasteiger partial charge is 0.254 e. The summed E-state index contributed by atoms with van der Waals surface area (Å²) in [6.07, 6.45) is 0. The zero-order valence-corrected chi connectivity index (χ0v) is 13.6. The molecule has 0 saturated carbocycles. The lowest BCUT2D eigenvalue weighted by Crippen LogP contribution is -2.34. The minimum atomic E-state index is -0.297. The first-order chi connectivity index (χ1) is 11.5. The molecule has 0 unspecified atom stereocenters. The van der Waals surface area contributed by atoms with Gasteiger partial charge in [0.2, 0.25) is 11.8 Å². The lowest BCUT2D eigenvalue weighted by molar-refractivity contribution is -0.116. The van der Waals surface area contributed by atoms with Gasteiger partial charge in [-0.1, -0.05) is 18.2 Å². The molecule has 0 spiro atoms. The Balaban J connectivity index is 1.90. The Morgan fingerprint density at radius 3 is 1.96 bits per heavy atom. The van der Waals surface area contributed by atoms with Crippen LogP contribution in [-0.2, 0) is 9.59 Å². The van der Waals surface area contributed by atoms with Gasteiger partial charge in [0.15, 0.2) is 0 Å². The summed E-state index contributed by atoms with van der Waals surface area (Å²) in [5.41, 5.74) is 1.78. The van der Waals surface area contributed by atoms with E-state index in [0.29, 0.717) is 16.9 Å². The maximum absolute atomic E-state index is 12.2. The fourth-order valence-corrected chi connectivity index (χ4v) is 2.13. The Morgan fingerprint density at radius 1 is 0.875 bits per heavy atom. The van der Waals surface area contributed by atoms with Crippen molar-refractivity contribution in [2.45, 2.75) is 6.92 Å². The Morgan fingerprint density at radius 2 is 1.42 bits per heavy atom. The molecule has 0 saturated heterocycles. The third kappa shape index (κ3) is 4.95. The van der Waals surface area contributed by atoms with E-state index in [1.54, 1.807) is 55.6 Å². The SMILES string of the molecule is CC(=O)Nc1ccc(NC(=O)CN(C)C(=O)c2ccccc2)cc1. The van der Waals surface area contributed by atoms with Crippen molar-refractivity contribution in [2.75, 3.05) is 24.2 Å². The molecule has 24 heavy (non-hydrogen) atoms. The van der Waals surface area contributed by atoms with Crippen LogP contribution in [0.15, 0.2) is 54.6 Å². The quantitative estimate of drug-likeness (QED) is 0.886. The van der Waals surface area contributed by atoms with Gasteiger partial charge in [0.1, 0.15) is 0 Å². The van der Waals surface area contributed by atoms with Gasteiger partial charge in [0.05, 0.1) is 6.54 Å². The highest BCUT2D eigenvalue weighted by Gasteiger charge is 2.14. The molecule has 0 aliphatic heterocycles. The van der Waals surface area contributed by atoms with E-state index in [0.717, 1.165) is 0 Å². The summed E-state index contributed by atoms with van der Waals surface area (Å²) < 4.78 is 0. The number of carbonyl (C=O) groups excluding carboxylic acids is 3. The monoisotopic (exact) mass is 325 g/mol. The number of benzene rings is 2. The van der Waals surface area contributed by atoms with E-state index >= 15 is 0 Å². The maximum Gasteiger partial charge on any atom is 0.254 e. The van der Waals surface area contributed by atoms with Crippen LogP contribution in [0.1, 0.15) is 17.3 Å². The lowest BCUT2D eigenvalue weighted by Gasteiger charge is -2.17. The van der Waals surface area contributed by atoms with E-state index in [9.17, 15) is 14.4 Å². The molecule has 0 bridgehead atoms. The largest absolute Gasteiger partial charge is 0.332 e. The van der Waals surface area contributed by atoms with Crippen LogP contribution in [0, 0.1) is 0 Å². The average Bonchev–Trinajstić information content (AvgIpc) is 2.56. The molecule has 2 aromatic rings. The van der Waals surface area contributed by atoms with Crippen molar-refractivity contribution < 1.29 is 14.4 Å². The first kappa shape index (κ1) is 17.2. The summed E-state index contributed by atoms with van der Waals surface area (Å²) in [6.45, 7) is 1.37. The second-order valence-electron chi connectivity index (χ2n) is 5.33.